The van der Waals surface area contributed by atoms with E-state index in [1.807, 2.05) is 6.20 Å². The molecule has 4 aromatic carbocycles. The third-order valence-corrected chi connectivity index (χ3v) is 7.76. The van der Waals surface area contributed by atoms with Gasteiger partial charge in [-0.05, 0) is 61.4 Å². The maximum Gasteiger partial charge on any atom is 0.0743 e. The van der Waals surface area contributed by atoms with Gasteiger partial charge in [0.1, 0.15) is 0 Å². The highest BCUT2D eigenvalue weighted by molar-refractivity contribution is 6.15. The van der Waals surface area contributed by atoms with Crippen molar-refractivity contribution in [1.29, 1.82) is 0 Å². The third kappa shape index (κ3) is 1.73. The molecular formula is C31H19N. The number of allylic oxidation sites excluding steroid dienone is 2. The fourth-order valence-corrected chi connectivity index (χ4v) is 6.68. The molecule has 0 bridgehead atoms. The molecule has 0 N–H and O–H groups in total. The van der Waals surface area contributed by atoms with Gasteiger partial charge in [0.2, 0.25) is 0 Å². The minimum Gasteiger partial charge on any atom is -0.256 e. The van der Waals surface area contributed by atoms with Crippen LogP contribution in [0.15, 0.2) is 103 Å². The number of aromatic nitrogens is 1. The summed E-state index contributed by atoms with van der Waals surface area (Å²) in [5, 5.41) is 2.63. The molecule has 1 aromatic heterocycles. The van der Waals surface area contributed by atoms with Crippen molar-refractivity contribution in [3.8, 4) is 11.1 Å². The van der Waals surface area contributed by atoms with Crippen LogP contribution in [-0.4, -0.2) is 4.98 Å². The quantitative estimate of drug-likeness (QED) is 0.269. The molecule has 1 nitrogen and oxygen atoms in total. The molecule has 1 heteroatoms. The van der Waals surface area contributed by atoms with Crippen LogP contribution < -0.4 is 0 Å². The topological polar surface area (TPSA) is 12.9 Å². The van der Waals surface area contributed by atoms with Gasteiger partial charge in [0.15, 0.2) is 0 Å². The first kappa shape index (κ1) is 16.7. The van der Waals surface area contributed by atoms with Gasteiger partial charge in [-0.15, -0.1) is 0 Å². The number of fused-ring (bicyclic) bond motifs is 13. The highest BCUT2D eigenvalue weighted by Gasteiger charge is 2.55. The maximum atomic E-state index is 4.95. The average molecular weight is 406 g/mol. The molecule has 1 unspecified atom stereocenters. The zero-order valence-electron chi connectivity index (χ0n) is 17.5. The van der Waals surface area contributed by atoms with Crippen LogP contribution in [0.3, 0.4) is 0 Å². The summed E-state index contributed by atoms with van der Waals surface area (Å²) in [6.07, 6.45) is 2.91. The van der Waals surface area contributed by atoms with E-state index in [0.717, 1.165) is 6.42 Å². The molecule has 0 saturated carbocycles. The van der Waals surface area contributed by atoms with Crippen molar-refractivity contribution in [2.24, 2.45) is 0 Å². The Kier molecular flexibility index (Phi) is 2.94. The fraction of sp³-hybridized carbons (Fsp3) is 0.0645. The van der Waals surface area contributed by atoms with E-state index >= 15 is 0 Å². The van der Waals surface area contributed by atoms with Crippen molar-refractivity contribution >= 4 is 21.9 Å². The first-order valence-corrected chi connectivity index (χ1v) is 11.3. The molecule has 3 aliphatic rings. The molecule has 0 saturated heterocycles. The fourth-order valence-electron chi connectivity index (χ4n) is 6.68. The van der Waals surface area contributed by atoms with Crippen LogP contribution in [-0.2, 0) is 11.8 Å². The van der Waals surface area contributed by atoms with E-state index in [4.69, 9.17) is 4.98 Å². The molecule has 32 heavy (non-hydrogen) atoms. The summed E-state index contributed by atoms with van der Waals surface area (Å²) in [5.41, 5.74) is 13.4. The van der Waals surface area contributed by atoms with Crippen molar-refractivity contribution in [2.75, 3.05) is 0 Å². The Labute approximate surface area is 186 Å². The lowest BCUT2D eigenvalue weighted by atomic mass is 9.68. The average Bonchev–Trinajstić information content (AvgIpc) is 3.47. The minimum absolute atomic E-state index is 0.304. The van der Waals surface area contributed by atoms with Gasteiger partial charge in [-0.1, -0.05) is 91.0 Å². The lowest BCUT2D eigenvalue weighted by Crippen LogP contribution is -2.27. The molecule has 148 valence electrons. The standard InChI is InChI=1S/C31H19N/c1-2-10-21-19(8-1)15-16-27-28(21)23-12-4-6-14-26(23)31(27)25-13-5-3-11-22(25)24-18-20-9-7-17-32-30(20)29(24)31/h1-17H,18H2. The van der Waals surface area contributed by atoms with Gasteiger partial charge in [-0.2, -0.15) is 0 Å². The van der Waals surface area contributed by atoms with Gasteiger partial charge in [0.25, 0.3) is 0 Å². The second kappa shape index (κ2) is 5.63. The first-order valence-electron chi connectivity index (χ1n) is 11.3. The molecule has 0 amide bonds. The lowest BCUT2D eigenvalue weighted by Gasteiger charge is -2.32. The molecular weight excluding hydrogens is 386 g/mol. The Hall–Kier alpha value is -3.97. The van der Waals surface area contributed by atoms with Gasteiger partial charge in [-0.3, -0.25) is 4.98 Å². The third-order valence-electron chi connectivity index (χ3n) is 7.76. The van der Waals surface area contributed by atoms with Crippen molar-refractivity contribution in [1.82, 2.24) is 4.98 Å². The smallest absolute Gasteiger partial charge is 0.0743 e. The van der Waals surface area contributed by atoms with E-state index in [-0.39, 0.29) is 5.41 Å². The summed E-state index contributed by atoms with van der Waals surface area (Å²) >= 11 is 0. The van der Waals surface area contributed by atoms with Crippen molar-refractivity contribution in [2.45, 2.75) is 11.8 Å². The molecule has 0 aliphatic heterocycles. The van der Waals surface area contributed by atoms with E-state index < -0.39 is 0 Å². The zero-order valence-corrected chi connectivity index (χ0v) is 17.5. The number of rotatable bonds is 0. The molecule has 1 spiro atoms. The van der Waals surface area contributed by atoms with E-state index in [1.54, 1.807) is 0 Å². The molecule has 1 heterocycles. The Morgan fingerprint density at radius 2 is 1.38 bits per heavy atom. The van der Waals surface area contributed by atoms with E-state index in [0.29, 0.717) is 0 Å². The predicted molar refractivity (Wildman–Crippen MR) is 130 cm³/mol. The first-order chi connectivity index (χ1) is 15.9. The lowest BCUT2D eigenvalue weighted by molar-refractivity contribution is 0.836. The van der Waals surface area contributed by atoms with Gasteiger partial charge >= 0.3 is 0 Å². The number of hydrogen-bond acceptors (Lipinski definition) is 1. The summed E-state index contributed by atoms with van der Waals surface area (Å²) in [5.74, 6) is 0. The molecule has 3 aliphatic carbocycles. The van der Waals surface area contributed by atoms with Crippen LogP contribution in [0.25, 0.3) is 33.0 Å². The number of benzene rings is 4. The summed E-state index contributed by atoms with van der Waals surface area (Å²) in [4.78, 5) is 4.95. The van der Waals surface area contributed by atoms with Crippen LogP contribution >= 0.6 is 0 Å². The molecule has 5 aromatic rings. The van der Waals surface area contributed by atoms with Crippen LogP contribution in [0.2, 0.25) is 0 Å². The minimum atomic E-state index is -0.304. The SMILES string of the molecule is c1cnc2c(c1)CC1=C2C2(c3ccccc31)c1ccccc1-c1c2ccc2ccccc12. The molecule has 1 atom stereocenters. The van der Waals surface area contributed by atoms with Crippen LogP contribution in [0.4, 0.5) is 0 Å². The summed E-state index contributed by atoms with van der Waals surface area (Å²) in [6.45, 7) is 0. The summed E-state index contributed by atoms with van der Waals surface area (Å²) in [6, 6.07) is 35.9. The van der Waals surface area contributed by atoms with E-state index in [2.05, 4.69) is 97.1 Å². The van der Waals surface area contributed by atoms with Gasteiger partial charge in [-0.25, -0.2) is 0 Å². The van der Waals surface area contributed by atoms with Gasteiger partial charge in [0, 0.05) is 18.2 Å². The number of hydrogen-bond donors (Lipinski definition) is 0. The summed E-state index contributed by atoms with van der Waals surface area (Å²) in [7, 11) is 0. The monoisotopic (exact) mass is 405 g/mol. The number of nitrogens with zero attached hydrogens (tertiary/aromatic N) is 1. The van der Waals surface area contributed by atoms with Crippen molar-refractivity contribution in [3.05, 3.63) is 137 Å². The largest absolute Gasteiger partial charge is 0.256 e. The zero-order chi connectivity index (χ0) is 20.9. The van der Waals surface area contributed by atoms with Crippen LogP contribution in [0, 0.1) is 0 Å². The molecule has 8 rings (SSSR count). The summed E-state index contributed by atoms with van der Waals surface area (Å²) < 4.78 is 0. The van der Waals surface area contributed by atoms with Crippen molar-refractivity contribution in [3.63, 3.8) is 0 Å². The Balaban J connectivity index is 1.61. The Bertz CT molecular complexity index is 1650. The highest BCUT2D eigenvalue weighted by atomic mass is 14.7. The Morgan fingerprint density at radius 3 is 2.28 bits per heavy atom. The van der Waals surface area contributed by atoms with E-state index in [1.165, 1.54) is 66.6 Å². The molecule has 0 fully saturated rings. The van der Waals surface area contributed by atoms with Crippen LogP contribution in [0.1, 0.15) is 33.5 Å². The second-order valence-corrected chi connectivity index (χ2v) is 9.09. The second-order valence-electron chi connectivity index (χ2n) is 9.09. The normalized spacial score (nSPS) is 19.1. The van der Waals surface area contributed by atoms with Crippen molar-refractivity contribution < 1.29 is 0 Å². The maximum absolute atomic E-state index is 4.95. The van der Waals surface area contributed by atoms with Crippen LogP contribution in [0.5, 0.6) is 0 Å². The Morgan fingerprint density at radius 1 is 0.625 bits per heavy atom. The van der Waals surface area contributed by atoms with Gasteiger partial charge in [0.05, 0.1) is 11.1 Å². The highest BCUT2D eigenvalue weighted by Crippen LogP contribution is 2.67. The molecule has 0 radical (unpaired) electrons. The number of pyridine rings is 1. The van der Waals surface area contributed by atoms with E-state index in [9.17, 15) is 0 Å². The van der Waals surface area contributed by atoms with Gasteiger partial charge < -0.3 is 0 Å². The predicted octanol–water partition coefficient (Wildman–Crippen LogP) is 7.03.